The van der Waals surface area contributed by atoms with Gasteiger partial charge >= 0.3 is 0 Å². The molecule has 1 amide bonds. The fourth-order valence-corrected chi connectivity index (χ4v) is 2.97. The number of carbonyl (C=O) groups excluding carboxylic acids is 2. The molecule has 0 heterocycles. The molecule has 1 aliphatic rings. The van der Waals surface area contributed by atoms with Crippen molar-refractivity contribution in [1.82, 2.24) is 0 Å². The van der Waals surface area contributed by atoms with Crippen LogP contribution < -0.4 is 5.32 Å². The average Bonchev–Trinajstić information content (AvgIpc) is 2.99. The lowest BCUT2D eigenvalue weighted by Crippen LogP contribution is -2.14. The number of anilines is 1. The first-order valence-electron chi connectivity index (χ1n) is 7.92. The number of rotatable bonds is 5. The van der Waals surface area contributed by atoms with Crippen molar-refractivity contribution in [3.8, 4) is 0 Å². The zero-order valence-electron chi connectivity index (χ0n) is 13.1. The number of Topliss-reactive ketones (excluding diaryl/α,β-unsaturated/α-hetero) is 1. The summed E-state index contributed by atoms with van der Waals surface area (Å²) in [6.07, 6.45) is 3.18. The lowest BCUT2D eigenvalue weighted by Gasteiger charge is -2.07. The summed E-state index contributed by atoms with van der Waals surface area (Å²) >= 11 is 0. The summed E-state index contributed by atoms with van der Waals surface area (Å²) in [6.45, 7) is 0. The number of fused-ring (bicyclic) bond motifs is 1. The summed E-state index contributed by atoms with van der Waals surface area (Å²) in [6, 6.07) is 8.47. The molecule has 0 aromatic heterocycles. The van der Waals surface area contributed by atoms with Crippen LogP contribution in [0.15, 0.2) is 36.4 Å². The van der Waals surface area contributed by atoms with Crippen LogP contribution >= 0.6 is 0 Å². The maximum atomic E-state index is 13.1. The third kappa shape index (κ3) is 3.85. The summed E-state index contributed by atoms with van der Waals surface area (Å²) < 4.78 is 26.2. The molecular formula is C19H17F2NO2. The van der Waals surface area contributed by atoms with Crippen molar-refractivity contribution >= 4 is 17.4 Å². The zero-order valence-corrected chi connectivity index (χ0v) is 13.1. The van der Waals surface area contributed by atoms with Gasteiger partial charge in [-0.25, -0.2) is 8.78 Å². The van der Waals surface area contributed by atoms with E-state index in [0.29, 0.717) is 5.56 Å². The number of carbonyl (C=O) groups is 2. The quantitative estimate of drug-likeness (QED) is 0.841. The summed E-state index contributed by atoms with van der Waals surface area (Å²) in [5, 5.41) is 2.40. The molecule has 1 N–H and O–H groups in total. The van der Waals surface area contributed by atoms with Crippen LogP contribution in [0.5, 0.6) is 0 Å². The second kappa shape index (κ2) is 6.91. The van der Waals surface area contributed by atoms with Gasteiger partial charge in [0.2, 0.25) is 5.91 Å². The fraction of sp³-hybridized carbons (Fsp3) is 0.263. The molecule has 5 heteroatoms. The van der Waals surface area contributed by atoms with Gasteiger partial charge in [0.25, 0.3) is 0 Å². The van der Waals surface area contributed by atoms with E-state index < -0.39 is 17.5 Å². The topological polar surface area (TPSA) is 46.2 Å². The van der Waals surface area contributed by atoms with Gasteiger partial charge in [-0.15, -0.1) is 0 Å². The largest absolute Gasteiger partial charge is 0.326 e. The lowest BCUT2D eigenvalue weighted by atomic mass is 10.0. The lowest BCUT2D eigenvalue weighted by molar-refractivity contribution is -0.116. The molecule has 0 radical (unpaired) electrons. The van der Waals surface area contributed by atoms with E-state index in [1.165, 1.54) is 11.1 Å². The molecule has 2 aromatic rings. The highest BCUT2D eigenvalue weighted by atomic mass is 19.1. The first-order chi connectivity index (χ1) is 11.5. The SMILES string of the molecule is O=C(CCC(=O)c1ccc2c(c1)CCC2)Nc1cc(F)cc(F)c1. The van der Waals surface area contributed by atoms with Crippen LogP contribution in [0, 0.1) is 11.6 Å². The highest BCUT2D eigenvalue weighted by Crippen LogP contribution is 2.23. The van der Waals surface area contributed by atoms with E-state index in [9.17, 15) is 18.4 Å². The first-order valence-corrected chi connectivity index (χ1v) is 7.92. The van der Waals surface area contributed by atoms with Crippen LogP contribution in [0.1, 0.15) is 40.7 Å². The second-order valence-corrected chi connectivity index (χ2v) is 5.97. The smallest absolute Gasteiger partial charge is 0.224 e. The second-order valence-electron chi connectivity index (χ2n) is 5.97. The maximum absolute atomic E-state index is 13.1. The van der Waals surface area contributed by atoms with Gasteiger partial charge in [-0.2, -0.15) is 0 Å². The van der Waals surface area contributed by atoms with Crippen LogP contribution in [-0.4, -0.2) is 11.7 Å². The number of aryl methyl sites for hydroxylation is 2. The molecule has 0 fully saturated rings. The Hall–Kier alpha value is -2.56. The number of benzene rings is 2. The van der Waals surface area contributed by atoms with Gasteiger partial charge in [-0.05, 0) is 48.6 Å². The van der Waals surface area contributed by atoms with Crippen LogP contribution in [0.2, 0.25) is 0 Å². The average molecular weight is 329 g/mol. The molecule has 0 atom stereocenters. The molecule has 1 aliphatic carbocycles. The Kier molecular flexibility index (Phi) is 4.69. The predicted octanol–water partition coefficient (Wildman–Crippen LogP) is 4.06. The van der Waals surface area contributed by atoms with Gasteiger partial charge in [0.05, 0.1) is 0 Å². The maximum Gasteiger partial charge on any atom is 0.224 e. The molecule has 3 rings (SSSR count). The summed E-state index contributed by atoms with van der Waals surface area (Å²) in [5.41, 5.74) is 3.15. The molecule has 0 unspecified atom stereocenters. The monoisotopic (exact) mass is 329 g/mol. The van der Waals surface area contributed by atoms with Gasteiger partial charge in [-0.3, -0.25) is 9.59 Å². The van der Waals surface area contributed by atoms with Crippen LogP contribution in [-0.2, 0) is 17.6 Å². The number of hydrogen-bond donors (Lipinski definition) is 1. The Labute approximate surface area is 138 Å². The van der Waals surface area contributed by atoms with Crippen molar-refractivity contribution in [1.29, 1.82) is 0 Å². The van der Waals surface area contributed by atoms with Gasteiger partial charge < -0.3 is 5.32 Å². The highest BCUT2D eigenvalue weighted by Gasteiger charge is 2.15. The van der Waals surface area contributed by atoms with Gasteiger partial charge in [-0.1, -0.05) is 12.1 Å². The molecule has 0 bridgehead atoms. The van der Waals surface area contributed by atoms with Crippen LogP contribution in [0.4, 0.5) is 14.5 Å². The Balaban J connectivity index is 1.56. The summed E-state index contributed by atoms with van der Waals surface area (Å²) in [7, 11) is 0. The minimum atomic E-state index is -0.764. The van der Waals surface area contributed by atoms with Crippen LogP contribution in [0.25, 0.3) is 0 Å². The Morgan fingerprint density at radius 2 is 1.62 bits per heavy atom. The Bertz CT molecular complexity index is 782. The molecule has 0 saturated heterocycles. The van der Waals surface area contributed by atoms with E-state index in [4.69, 9.17) is 0 Å². The van der Waals surface area contributed by atoms with Crippen molar-refractivity contribution in [3.63, 3.8) is 0 Å². The fourth-order valence-electron chi connectivity index (χ4n) is 2.97. The number of amides is 1. The summed E-state index contributed by atoms with van der Waals surface area (Å²) in [5.74, 6) is -2.08. The normalized spacial score (nSPS) is 12.8. The van der Waals surface area contributed by atoms with Crippen molar-refractivity contribution < 1.29 is 18.4 Å². The molecule has 2 aromatic carbocycles. The van der Waals surface area contributed by atoms with Crippen LogP contribution in [0.3, 0.4) is 0 Å². The number of hydrogen-bond acceptors (Lipinski definition) is 2. The molecule has 0 saturated carbocycles. The molecular weight excluding hydrogens is 312 g/mol. The summed E-state index contributed by atoms with van der Waals surface area (Å²) in [4.78, 5) is 24.1. The minimum Gasteiger partial charge on any atom is -0.326 e. The van der Waals surface area contributed by atoms with E-state index in [1.54, 1.807) is 6.07 Å². The third-order valence-corrected chi connectivity index (χ3v) is 4.15. The van der Waals surface area contributed by atoms with E-state index in [-0.39, 0.29) is 24.3 Å². The molecule has 0 aliphatic heterocycles. The van der Waals surface area contributed by atoms with Crippen molar-refractivity contribution in [2.75, 3.05) is 5.32 Å². The number of nitrogens with one attached hydrogen (secondary N) is 1. The van der Waals surface area contributed by atoms with E-state index in [0.717, 1.165) is 37.5 Å². The highest BCUT2D eigenvalue weighted by molar-refractivity contribution is 6.00. The zero-order chi connectivity index (χ0) is 17.1. The van der Waals surface area contributed by atoms with Gasteiger partial charge in [0.15, 0.2) is 5.78 Å². The number of halogens is 2. The Morgan fingerprint density at radius 3 is 2.38 bits per heavy atom. The van der Waals surface area contributed by atoms with Crippen molar-refractivity contribution in [3.05, 3.63) is 64.7 Å². The van der Waals surface area contributed by atoms with Gasteiger partial charge in [0, 0.05) is 30.2 Å². The number of ketones is 1. The predicted molar refractivity (Wildman–Crippen MR) is 87.0 cm³/mol. The van der Waals surface area contributed by atoms with Crippen molar-refractivity contribution in [2.45, 2.75) is 32.1 Å². The standard InChI is InChI=1S/C19H17F2NO2/c20-15-9-16(21)11-17(10-15)22-19(24)7-6-18(23)14-5-4-12-2-1-3-13(12)8-14/h4-5,8-11H,1-3,6-7H2,(H,22,24). The van der Waals surface area contributed by atoms with E-state index >= 15 is 0 Å². The Morgan fingerprint density at radius 1 is 0.917 bits per heavy atom. The van der Waals surface area contributed by atoms with E-state index in [1.807, 2.05) is 12.1 Å². The molecule has 24 heavy (non-hydrogen) atoms. The minimum absolute atomic E-state index is 0.0337. The van der Waals surface area contributed by atoms with Crippen molar-refractivity contribution in [2.24, 2.45) is 0 Å². The third-order valence-electron chi connectivity index (χ3n) is 4.15. The molecule has 0 spiro atoms. The van der Waals surface area contributed by atoms with E-state index in [2.05, 4.69) is 5.32 Å². The first kappa shape index (κ1) is 16.3. The molecule has 3 nitrogen and oxygen atoms in total. The molecule has 124 valence electrons. The van der Waals surface area contributed by atoms with Gasteiger partial charge in [0.1, 0.15) is 11.6 Å².